The Bertz CT molecular complexity index is 5440. The van der Waals surface area contributed by atoms with E-state index in [4.69, 9.17) is 22.9 Å². The first-order chi connectivity index (χ1) is 50.1. The molecule has 0 aromatic carbocycles. The zero-order valence-corrected chi connectivity index (χ0v) is 59.8. The molecule has 12 N–H and O–H groups in total. The van der Waals surface area contributed by atoms with Crippen LogP contribution in [0, 0.1) is 53.2 Å². The number of nitrogens with two attached hydrogens (primary N) is 4. The van der Waals surface area contributed by atoms with Gasteiger partial charge in [0, 0.05) is 89.7 Å². The molecule has 105 heavy (non-hydrogen) atoms. The number of halogens is 1. The Balaban J connectivity index is 0.000000132. The van der Waals surface area contributed by atoms with E-state index in [1.165, 1.54) is 5.56 Å². The summed E-state index contributed by atoms with van der Waals surface area (Å²) in [5, 5.41) is 43.8. The Hall–Kier alpha value is -11.8. The minimum absolute atomic E-state index is 0.00481. The van der Waals surface area contributed by atoms with Crippen LogP contribution in [0.5, 0.6) is 0 Å². The molecule has 1 saturated carbocycles. The lowest BCUT2D eigenvalue weighted by atomic mass is 9.90. The molecule has 3 aliphatic rings. The first-order valence-corrected chi connectivity index (χ1v) is 34.5. The summed E-state index contributed by atoms with van der Waals surface area (Å²) in [6, 6.07) is 16.8. The molecule has 2 aliphatic heterocycles. The lowest BCUT2D eigenvalue weighted by Gasteiger charge is -2.28. The number of hydrogen-bond acceptors (Lipinski definition) is 22. The smallest absolute Gasteiger partial charge is 0.222 e. The second-order valence-corrected chi connectivity index (χ2v) is 28.0. The fourth-order valence-corrected chi connectivity index (χ4v) is 12.6. The van der Waals surface area contributed by atoms with E-state index in [9.17, 15) is 24.8 Å². The number of nitrogen functional groups attached to an aromatic ring is 4. The van der Waals surface area contributed by atoms with E-state index in [0.717, 1.165) is 133 Å². The number of hydrogen-bond donors (Lipinski definition) is 8. The number of aliphatic hydroxyl groups is 4. The highest BCUT2D eigenvalue weighted by atomic mass is 19.1. The number of likely N-dealkylation sites (tertiary alicyclic amines) is 2. The Labute approximate surface area is 606 Å². The number of anilines is 4. The van der Waals surface area contributed by atoms with Gasteiger partial charge in [0.25, 0.3) is 0 Å². The molecule has 0 atom stereocenters. The van der Waals surface area contributed by atoms with E-state index in [-0.39, 0.29) is 29.6 Å². The van der Waals surface area contributed by atoms with Crippen LogP contribution < -0.4 is 22.9 Å². The Morgan fingerprint density at radius 2 is 0.829 bits per heavy atom. The van der Waals surface area contributed by atoms with Gasteiger partial charge in [-0.15, -0.1) is 0 Å². The first-order valence-electron chi connectivity index (χ1n) is 34.5. The quantitative estimate of drug-likeness (QED) is 0.0724. The molecule has 0 amide bonds. The molecule has 536 valence electrons. The van der Waals surface area contributed by atoms with E-state index >= 15 is 0 Å². The van der Waals surface area contributed by atoms with Crippen LogP contribution in [-0.4, -0.2) is 171 Å². The van der Waals surface area contributed by atoms with Crippen LogP contribution in [0.1, 0.15) is 139 Å². The lowest BCUT2D eigenvalue weighted by Crippen LogP contribution is -2.29. The van der Waals surface area contributed by atoms with Gasteiger partial charge in [0.05, 0.1) is 28.3 Å². The number of aromatic nitrogens is 16. The predicted octanol–water partition coefficient (Wildman–Crippen LogP) is 8.37. The molecule has 0 unspecified atom stereocenters. The van der Waals surface area contributed by atoms with Gasteiger partial charge in [-0.3, -0.25) is 4.57 Å². The van der Waals surface area contributed by atoms with Crippen LogP contribution in [0.2, 0.25) is 0 Å². The van der Waals surface area contributed by atoms with Crippen molar-refractivity contribution in [2.24, 2.45) is 0 Å². The molecule has 26 nitrogen and oxygen atoms in total. The van der Waals surface area contributed by atoms with E-state index in [2.05, 4.69) is 137 Å². The zero-order valence-electron chi connectivity index (χ0n) is 59.8. The third-order valence-corrected chi connectivity index (χ3v) is 17.9. The van der Waals surface area contributed by atoms with Crippen molar-refractivity contribution in [3.05, 3.63) is 169 Å². The summed E-state index contributed by atoms with van der Waals surface area (Å²) in [5.74, 6) is 26.2. The topological polar surface area (TPSA) is 366 Å². The molecular weight excluding hydrogens is 1330 g/mol. The summed E-state index contributed by atoms with van der Waals surface area (Å²) in [6.07, 6.45) is 28.8. The van der Waals surface area contributed by atoms with Crippen molar-refractivity contribution >= 4 is 67.4 Å². The molecule has 1 aliphatic carbocycles. The molecule has 0 bridgehead atoms. The number of piperidine rings is 2. The maximum absolute atomic E-state index is 14.6. The van der Waals surface area contributed by atoms with Crippen LogP contribution in [-0.2, 0) is 0 Å². The van der Waals surface area contributed by atoms with Gasteiger partial charge in [0.2, 0.25) is 23.8 Å². The van der Waals surface area contributed by atoms with Crippen LogP contribution in [0.4, 0.5) is 28.2 Å². The SMILES string of the molecule is CC(C)(O)C#Cc1cc2c(ccn2-c2ccnc(N)n2)cn1.CN1CCC(c2cn(-c3ccnc(N)n3)c3cc(C#CC(C)(C)O)ncc23)CC1.CN1CCC(c2cn(-c3nc(N)ncc3F)c3cc(C#CC(C)(C)O)ncc23)CC1.Nc1nccc(-n2ccc3cnc(C#CC4(O)CCCC4)cc32)n1. The number of pyridine rings is 4. The average Bonchev–Trinajstić information content (AvgIpc) is 1.62. The highest BCUT2D eigenvalue weighted by Crippen LogP contribution is 2.38. The molecule has 27 heteroatoms. The molecule has 0 radical (unpaired) electrons. The minimum atomic E-state index is -1.13. The maximum Gasteiger partial charge on any atom is 0.222 e. The van der Waals surface area contributed by atoms with E-state index in [0.29, 0.717) is 52.1 Å². The van der Waals surface area contributed by atoms with Crippen molar-refractivity contribution < 1.29 is 24.8 Å². The average molecular weight is 1410 g/mol. The zero-order chi connectivity index (χ0) is 74.4. The van der Waals surface area contributed by atoms with Crippen molar-refractivity contribution in [3.63, 3.8) is 0 Å². The fourth-order valence-electron chi connectivity index (χ4n) is 12.6. The molecule has 3 fully saturated rings. The highest BCUT2D eigenvalue weighted by Gasteiger charge is 2.30. The van der Waals surface area contributed by atoms with Crippen LogP contribution >= 0.6 is 0 Å². The second kappa shape index (κ2) is 30.6. The lowest BCUT2D eigenvalue weighted by molar-refractivity contribution is 0.110. The van der Waals surface area contributed by atoms with Gasteiger partial charge in [-0.05, 0) is 234 Å². The van der Waals surface area contributed by atoms with Gasteiger partial charge >= 0.3 is 0 Å². The van der Waals surface area contributed by atoms with Gasteiger partial charge in [0.1, 0.15) is 62.6 Å². The van der Waals surface area contributed by atoms with Gasteiger partial charge in [0.15, 0.2) is 11.6 Å². The summed E-state index contributed by atoms with van der Waals surface area (Å²) in [7, 11) is 4.28. The summed E-state index contributed by atoms with van der Waals surface area (Å²) >= 11 is 0. The minimum Gasteiger partial charge on any atom is -0.378 e. The summed E-state index contributed by atoms with van der Waals surface area (Å²) < 4.78 is 22.2. The summed E-state index contributed by atoms with van der Waals surface area (Å²) in [6.45, 7) is 14.0. The van der Waals surface area contributed by atoms with Crippen LogP contribution in [0.25, 0.3) is 66.9 Å². The molecule has 12 aromatic rings. The number of fused-ring (bicyclic) bond motifs is 4. The monoisotopic (exact) mass is 1410 g/mol. The summed E-state index contributed by atoms with van der Waals surface area (Å²) in [5.41, 5.74) is 27.0. The maximum atomic E-state index is 14.6. The molecule has 12 aromatic heterocycles. The number of rotatable bonds is 6. The standard InChI is InChI=1S/C22H25FN6O.C22H26N6O.C18H17N5O.C16H15N5O/c1-22(2,30)7-4-15-10-19-16(11-25-15)17(14-5-8-28(3)9-6-14)13-29(19)20-18(23)12-26-21(24)27-20;1-22(2,29)8-4-16-12-19-17(13-25-16)18(15-6-10-27(3)11-7-15)14-28(19)20-5-9-24-21(23)26-20;19-17-20-9-4-16(22-17)23-10-5-13-12-21-14(11-15(13)23)3-8-18(24)6-1-2-7-18;1-16(2,22)6-3-12-9-13-11(10-19-12)5-8-21(13)14-4-7-18-15(17)20-14/h10-14,30H,5-6,8-9H2,1-3H3,(H2,24,26,27);5,9,12-15,29H,6-7,10-11H2,1-3H3,(H2,23,24,26);4-5,9-12,24H,1-2,6-7H2,(H2,19,20,22);4-5,7-10,22H,1-2H3,(H2,17,18,20). The fraction of sp³-hybridized carbons (Fsp3) is 0.333. The van der Waals surface area contributed by atoms with Crippen LogP contribution in [0.15, 0.2) is 129 Å². The van der Waals surface area contributed by atoms with E-state index in [1.54, 1.807) is 101 Å². The third-order valence-electron chi connectivity index (χ3n) is 17.9. The Kier molecular flexibility index (Phi) is 21.3. The second-order valence-electron chi connectivity index (χ2n) is 28.0. The predicted molar refractivity (Wildman–Crippen MR) is 403 cm³/mol. The molecule has 15 rings (SSSR count). The molecule has 2 saturated heterocycles. The molecule has 0 spiro atoms. The number of nitrogens with zero attached hydrogens (tertiary/aromatic N) is 18. The van der Waals surface area contributed by atoms with Crippen molar-refractivity contribution in [2.75, 3.05) is 63.2 Å². The van der Waals surface area contributed by atoms with Crippen molar-refractivity contribution in [1.29, 1.82) is 0 Å². The van der Waals surface area contributed by atoms with Gasteiger partial charge in [-0.25, -0.2) is 44.3 Å². The van der Waals surface area contributed by atoms with Gasteiger partial charge in [-0.2, -0.15) is 19.9 Å². The first kappa shape index (κ1) is 73.0. The normalized spacial score (nSPS) is 15.0. The van der Waals surface area contributed by atoms with Crippen molar-refractivity contribution in [3.8, 4) is 70.6 Å². The largest absolute Gasteiger partial charge is 0.378 e. The Morgan fingerprint density at radius 1 is 0.457 bits per heavy atom. The molecule has 14 heterocycles. The van der Waals surface area contributed by atoms with E-state index in [1.807, 2.05) is 74.9 Å². The van der Waals surface area contributed by atoms with Crippen molar-refractivity contribution in [2.45, 2.75) is 127 Å². The van der Waals surface area contributed by atoms with Crippen LogP contribution in [0.3, 0.4) is 0 Å². The Morgan fingerprint density at radius 3 is 1.25 bits per heavy atom. The van der Waals surface area contributed by atoms with Gasteiger partial charge in [-0.1, -0.05) is 23.7 Å². The summed E-state index contributed by atoms with van der Waals surface area (Å²) in [4.78, 5) is 54.9. The molecular formula is C78H83FN22O4. The van der Waals surface area contributed by atoms with Crippen molar-refractivity contribution in [1.82, 2.24) is 87.9 Å². The van der Waals surface area contributed by atoms with Gasteiger partial charge < -0.3 is 66.9 Å². The highest BCUT2D eigenvalue weighted by molar-refractivity contribution is 5.88. The van der Waals surface area contributed by atoms with E-state index < -0.39 is 28.2 Å². The third kappa shape index (κ3) is 18.4.